The molecule has 1 atom stereocenters. The highest BCUT2D eigenvalue weighted by atomic mass is 16.3. The largest absolute Gasteiger partial charge is 0.459 e. The van der Waals surface area contributed by atoms with Gasteiger partial charge in [0.1, 0.15) is 17.2 Å². The van der Waals surface area contributed by atoms with E-state index < -0.39 is 0 Å². The van der Waals surface area contributed by atoms with Gasteiger partial charge in [0, 0.05) is 44.3 Å². The first-order chi connectivity index (χ1) is 14.1. The van der Waals surface area contributed by atoms with E-state index in [0.29, 0.717) is 6.54 Å². The van der Waals surface area contributed by atoms with Gasteiger partial charge in [0.15, 0.2) is 0 Å². The second kappa shape index (κ2) is 8.53. The summed E-state index contributed by atoms with van der Waals surface area (Å²) in [5.74, 6) is 1.73. The minimum Gasteiger partial charge on any atom is -0.459 e. The zero-order valence-corrected chi connectivity index (χ0v) is 16.9. The molecule has 7 nitrogen and oxygen atoms in total. The lowest BCUT2D eigenvalue weighted by Crippen LogP contribution is -2.44. The summed E-state index contributed by atoms with van der Waals surface area (Å²) in [7, 11) is 2.14. The summed E-state index contributed by atoms with van der Waals surface area (Å²) in [6, 6.07) is 13.4. The van der Waals surface area contributed by atoms with Gasteiger partial charge in [-0.05, 0) is 37.7 Å². The molecular weight excluding hydrogens is 366 g/mol. The van der Waals surface area contributed by atoms with Crippen molar-refractivity contribution in [2.24, 2.45) is 0 Å². The Morgan fingerprint density at radius 3 is 2.69 bits per heavy atom. The molecule has 1 fully saturated rings. The van der Waals surface area contributed by atoms with Gasteiger partial charge in [0.25, 0.3) is 0 Å². The van der Waals surface area contributed by atoms with Crippen LogP contribution in [0.2, 0.25) is 0 Å². The first-order valence-electron chi connectivity index (χ1n) is 10.00. The third kappa shape index (κ3) is 4.68. The Bertz CT molecular complexity index is 928. The number of hydrogen-bond acceptors (Lipinski definition) is 5. The van der Waals surface area contributed by atoms with Crippen LogP contribution in [0.15, 0.2) is 53.1 Å². The van der Waals surface area contributed by atoms with Crippen LogP contribution in [-0.2, 0) is 6.54 Å². The molecule has 0 aliphatic carbocycles. The number of rotatable bonds is 5. The highest BCUT2D eigenvalue weighted by Gasteiger charge is 2.16. The lowest BCUT2D eigenvalue weighted by molar-refractivity contribution is 0.236. The Labute approximate surface area is 170 Å². The van der Waals surface area contributed by atoms with Gasteiger partial charge in [0.05, 0.1) is 6.04 Å². The number of piperazine rings is 1. The first-order valence-corrected chi connectivity index (χ1v) is 10.00. The summed E-state index contributed by atoms with van der Waals surface area (Å²) in [6.07, 6.45) is 1.83. The molecule has 1 aliphatic heterocycles. The van der Waals surface area contributed by atoms with Crippen LogP contribution in [0.4, 0.5) is 10.6 Å². The number of furan rings is 1. The average molecular weight is 393 g/mol. The maximum atomic E-state index is 12.3. The third-order valence-corrected chi connectivity index (χ3v) is 5.31. The van der Waals surface area contributed by atoms with Gasteiger partial charge in [-0.3, -0.25) is 0 Å². The molecule has 29 heavy (non-hydrogen) atoms. The number of anilines is 1. The van der Waals surface area contributed by atoms with Gasteiger partial charge in [-0.2, -0.15) is 0 Å². The molecule has 2 amide bonds. The van der Waals surface area contributed by atoms with Gasteiger partial charge in [0.2, 0.25) is 0 Å². The van der Waals surface area contributed by atoms with E-state index in [1.807, 2.05) is 55.6 Å². The molecule has 0 saturated carbocycles. The molecule has 1 aromatic carbocycles. The van der Waals surface area contributed by atoms with Crippen molar-refractivity contribution < 1.29 is 9.21 Å². The van der Waals surface area contributed by atoms with E-state index >= 15 is 0 Å². The molecular formula is C22H27N5O2. The smallest absolute Gasteiger partial charge is 0.315 e. The van der Waals surface area contributed by atoms with Gasteiger partial charge < -0.3 is 24.9 Å². The fourth-order valence-electron chi connectivity index (χ4n) is 3.46. The number of carbonyl (C=O) groups excluding carboxylic acids is 1. The standard InChI is InChI=1S/C22H27N5O2/c1-16(20-13-18-5-3-4-6-19(18)29-20)25-22(28)24-15-17-7-8-21(23-14-17)27-11-9-26(2)10-12-27/h3-8,13-14,16H,9-12,15H2,1-2H3,(H2,24,25,28)/t16-/m0/s1. The summed E-state index contributed by atoms with van der Waals surface area (Å²) in [5, 5.41) is 6.83. The maximum absolute atomic E-state index is 12.3. The zero-order chi connectivity index (χ0) is 20.2. The normalized spacial score (nSPS) is 16.0. The lowest BCUT2D eigenvalue weighted by Gasteiger charge is -2.33. The van der Waals surface area contributed by atoms with Crippen LogP contribution >= 0.6 is 0 Å². The quantitative estimate of drug-likeness (QED) is 0.697. The Balaban J connectivity index is 1.27. The molecule has 3 heterocycles. The molecule has 0 bridgehead atoms. The van der Waals surface area contributed by atoms with E-state index in [1.165, 1.54) is 0 Å². The number of pyridine rings is 1. The Morgan fingerprint density at radius 2 is 1.97 bits per heavy atom. The van der Waals surface area contributed by atoms with Crippen LogP contribution in [-0.4, -0.2) is 49.1 Å². The fraction of sp³-hybridized carbons (Fsp3) is 0.364. The van der Waals surface area contributed by atoms with E-state index in [4.69, 9.17) is 4.42 Å². The monoisotopic (exact) mass is 393 g/mol. The summed E-state index contributed by atoms with van der Waals surface area (Å²) in [6.45, 7) is 6.41. The molecule has 0 spiro atoms. The summed E-state index contributed by atoms with van der Waals surface area (Å²) >= 11 is 0. The van der Waals surface area contributed by atoms with E-state index in [1.54, 1.807) is 0 Å². The number of aromatic nitrogens is 1. The van der Waals surface area contributed by atoms with Crippen molar-refractivity contribution >= 4 is 22.8 Å². The highest BCUT2D eigenvalue weighted by Crippen LogP contribution is 2.23. The van der Waals surface area contributed by atoms with E-state index in [9.17, 15) is 4.79 Å². The molecule has 1 saturated heterocycles. The van der Waals surface area contributed by atoms with Crippen molar-refractivity contribution in [3.63, 3.8) is 0 Å². The zero-order valence-electron chi connectivity index (χ0n) is 16.9. The van der Waals surface area contributed by atoms with Crippen molar-refractivity contribution in [1.82, 2.24) is 20.5 Å². The molecule has 2 aromatic heterocycles. The first kappa shape index (κ1) is 19.3. The highest BCUT2D eigenvalue weighted by molar-refractivity contribution is 5.78. The molecule has 4 rings (SSSR count). The summed E-state index contributed by atoms with van der Waals surface area (Å²) in [4.78, 5) is 21.4. The summed E-state index contributed by atoms with van der Waals surface area (Å²) in [5.41, 5.74) is 1.79. The van der Waals surface area contributed by atoms with E-state index in [0.717, 1.165) is 54.3 Å². The van der Waals surface area contributed by atoms with Crippen molar-refractivity contribution in [1.29, 1.82) is 0 Å². The topological polar surface area (TPSA) is 73.6 Å². The lowest BCUT2D eigenvalue weighted by atomic mass is 10.2. The average Bonchev–Trinajstić information content (AvgIpc) is 3.18. The Kier molecular flexibility index (Phi) is 5.67. The Morgan fingerprint density at radius 1 is 1.17 bits per heavy atom. The summed E-state index contributed by atoms with van der Waals surface area (Å²) < 4.78 is 5.81. The van der Waals surface area contributed by atoms with Crippen LogP contribution < -0.4 is 15.5 Å². The van der Waals surface area contributed by atoms with Crippen LogP contribution in [0.3, 0.4) is 0 Å². The number of urea groups is 1. The minimum absolute atomic E-state index is 0.222. The van der Waals surface area contributed by atoms with Gasteiger partial charge in [-0.25, -0.2) is 9.78 Å². The number of para-hydroxylation sites is 1. The number of nitrogens with one attached hydrogen (secondary N) is 2. The van der Waals surface area contributed by atoms with Gasteiger partial charge in [-0.15, -0.1) is 0 Å². The molecule has 7 heteroatoms. The second-order valence-corrected chi connectivity index (χ2v) is 7.55. The number of amides is 2. The number of benzene rings is 1. The van der Waals surface area contributed by atoms with Crippen LogP contribution in [0, 0.1) is 0 Å². The van der Waals surface area contributed by atoms with Crippen molar-refractivity contribution in [3.8, 4) is 0 Å². The number of fused-ring (bicyclic) bond motifs is 1. The van der Waals surface area contributed by atoms with Crippen molar-refractivity contribution in [3.05, 3.63) is 60.0 Å². The maximum Gasteiger partial charge on any atom is 0.315 e. The number of nitrogens with zero attached hydrogens (tertiary/aromatic N) is 3. The third-order valence-electron chi connectivity index (χ3n) is 5.31. The van der Waals surface area contributed by atoms with Crippen molar-refractivity contribution in [2.75, 3.05) is 38.1 Å². The second-order valence-electron chi connectivity index (χ2n) is 7.55. The SMILES string of the molecule is C[C@H](NC(=O)NCc1ccc(N2CCN(C)CC2)nc1)c1cc2ccccc2o1. The predicted octanol–water partition coefficient (Wildman–Crippen LogP) is 3.14. The molecule has 152 valence electrons. The van der Waals surface area contributed by atoms with Crippen LogP contribution in [0.1, 0.15) is 24.3 Å². The molecule has 0 unspecified atom stereocenters. The van der Waals surface area contributed by atoms with E-state index in [-0.39, 0.29) is 12.1 Å². The van der Waals surface area contributed by atoms with Crippen LogP contribution in [0.5, 0.6) is 0 Å². The predicted molar refractivity (Wildman–Crippen MR) is 114 cm³/mol. The van der Waals surface area contributed by atoms with Crippen LogP contribution in [0.25, 0.3) is 11.0 Å². The van der Waals surface area contributed by atoms with Crippen molar-refractivity contribution in [2.45, 2.75) is 19.5 Å². The number of hydrogen-bond donors (Lipinski definition) is 2. The van der Waals surface area contributed by atoms with Gasteiger partial charge in [-0.1, -0.05) is 24.3 Å². The number of carbonyl (C=O) groups is 1. The molecule has 3 aromatic rings. The molecule has 2 N–H and O–H groups in total. The molecule has 1 aliphatic rings. The fourth-order valence-corrected chi connectivity index (χ4v) is 3.46. The van der Waals surface area contributed by atoms with Gasteiger partial charge >= 0.3 is 6.03 Å². The molecule has 0 radical (unpaired) electrons. The Hall–Kier alpha value is -3.06. The van der Waals surface area contributed by atoms with E-state index in [2.05, 4.69) is 32.5 Å². The minimum atomic E-state index is -0.235. The number of likely N-dealkylation sites (N-methyl/N-ethyl adjacent to an activating group) is 1.